The summed E-state index contributed by atoms with van der Waals surface area (Å²) in [5.41, 5.74) is 0.538. The van der Waals surface area contributed by atoms with E-state index in [0.717, 1.165) is 16.2 Å². The Kier molecular flexibility index (Phi) is 3.08. The van der Waals surface area contributed by atoms with Gasteiger partial charge in [0.05, 0.1) is 18.1 Å². The van der Waals surface area contributed by atoms with Gasteiger partial charge in [-0.25, -0.2) is 12.8 Å². The Bertz CT molecular complexity index is 679. The average Bonchev–Trinajstić information content (AvgIpc) is 2.82. The highest BCUT2D eigenvalue weighted by Gasteiger charge is 2.14. The molecule has 0 spiro atoms. The van der Waals surface area contributed by atoms with Crippen molar-refractivity contribution in [2.24, 2.45) is 0 Å². The molecule has 0 aliphatic rings. The van der Waals surface area contributed by atoms with E-state index in [0.29, 0.717) is 5.56 Å². The second-order valence-electron chi connectivity index (χ2n) is 3.66. The molecule has 0 amide bonds. The fraction of sp³-hybridized carbons (Fsp3) is 0.182. The van der Waals surface area contributed by atoms with E-state index in [9.17, 15) is 17.9 Å². The lowest BCUT2D eigenvalue weighted by molar-refractivity contribution is 0.475. The van der Waals surface area contributed by atoms with Crippen LogP contribution in [0.15, 0.2) is 30.6 Å². The molecule has 1 heterocycles. The van der Waals surface area contributed by atoms with E-state index >= 15 is 0 Å². The summed E-state index contributed by atoms with van der Waals surface area (Å²) in [6.45, 7) is 1.50. The van der Waals surface area contributed by atoms with Gasteiger partial charge in [-0.15, -0.1) is 0 Å². The lowest BCUT2D eigenvalue weighted by Gasteiger charge is -2.01. The van der Waals surface area contributed by atoms with Crippen molar-refractivity contribution >= 4 is 10.0 Å². The number of hydrogen-bond acceptors (Lipinski definition) is 4. The number of aromatic hydroxyl groups is 1. The first-order valence-corrected chi connectivity index (χ1v) is 6.82. The summed E-state index contributed by atoms with van der Waals surface area (Å²) in [7, 11) is -3.48. The van der Waals surface area contributed by atoms with Gasteiger partial charge in [-0.3, -0.25) is 0 Å². The van der Waals surface area contributed by atoms with Gasteiger partial charge >= 0.3 is 0 Å². The molecule has 0 radical (unpaired) electrons. The topological polar surface area (TPSA) is 72.2 Å². The summed E-state index contributed by atoms with van der Waals surface area (Å²) >= 11 is 0. The SMILES string of the molecule is CCS(=O)(=O)n1cc(-c2cc(F)ccc2O)cn1. The van der Waals surface area contributed by atoms with E-state index < -0.39 is 15.8 Å². The number of phenolic OH excluding ortho intramolecular Hbond substituents is 1. The van der Waals surface area contributed by atoms with Gasteiger partial charge in [-0.05, 0) is 25.1 Å². The van der Waals surface area contributed by atoms with Crippen molar-refractivity contribution in [3.8, 4) is 16.9 Å². The van der Waals surface area contributed by atoms with E-state index in [1.165, 1.54) is 25.4 Å². The molecule has 0 aliphatic carbocycles. The molecule has 1 N–H and O–H groups in total. The number of hydrogen-bond donors (Lipinski definition) is 1. The van der Waals surface area contributed by atoms with Gasteiger partial charge in [0.25, 0.3) is 10.0 Å². The van der Waals surface area contributed by atoms with Crippen molar-refractivity contribution < 1.29 is 17.9 Å². The van der Waals surface area contributed by atoms with Gasteiger partial charge in [0, 0.05) is 11.1 Å². The van der Waals surface area contributed by atoms with E-state index in [4.69, 9.17) is 0 Å². The Morgan fingerprint density at radius 2 is 2.17 bits per heavy atom. The monoisotopic (exact) mass is 270 g/mol. The lowest BCUT2D eigenvalue weighted by Crippen LogP contribution is -2.14. The fourth-order valence-corrected chi connectivity index (χ4v) is 2.20. The first-order chi connectivity index (χ1) is 8.44. The minimum atomic E-state index is -3.48. The Morgan fingerprint density at radius 3 is 2.83 bits per heavy atom. The van der Waals surface area contributed by atoms with Crippen molar-refractivity contribution in [3.05, 3.63) is 36.4 Å². The average molecular weight is 270 g/mol. The molecule has 96 valence electrons. The smallest absolute Gasteiger partial charge is 0.253 e. The van der Waals surface area contributed by atoms with Crippen LogP contribution < -0.4 is 0 Å². The predicted octanol–water partition coefficient (Wildman–Crippen LogP) is 1.59. The highest BCUT2D eigenvalue weighted by atomic mass is 32.2. The Balaban J connectivity index is 2.51. The van der Waals surface area contributed by atoms with E-state index in [-0.39, 0.29) is 17.1 Å². The van der Waals surface area contributed by atoms with Gasteiger partial charge < -0.3 is 5.11 Å². The molecule has 7 heteroatoms. The van der Waals surface area contributed by atoms with Crippen LogP contribution in [-0.4, -0.2) is 28.5 Å². The molecule has 5 nitrogen and oxygen atoms in total. The summed E-state index contributed by atoms with van der Waals surface area (Å²) in [6.07, 6.45) is 2.51. The molecule has 2 rings (SSSR count). The van der Waals surface area contributed by atoms with Crippen LogP contribution in [0.25, 0.3) is 11.1 Å². The summed E-state index contributed by atoms with van der Waals surface area (Å²) < 4.78 is 37.0. The van der Waals surface area contributed by atoms with Crippen molar-refractivity contribution in [1.82, 2.24) is 9.19 Å². The summed E-state index contributed by atoms with van der Waals surface area (Å²) in [5.74, 6) is -0.748. The third-order valence-electron chi connectivity index (χ3n) is 2.48. The van der Waals surface area contributed by atoms with Crippen molar-refractivity contribution in [1.29, 1.82) is 0 Å². The number of rotatable bonds is 3. The zero-order valence-electron chi connectivity index (χ0n) is 9.54. The molecule has 0 fully saturated rings. The number of benzene rings is 1. The molecule has 0 unspecified atom stereocenters. The molecule has 0 bridgehead atoms. The van der Waals surface area contributed by atoms with Crippen LogP contribution in [0.1, 0.15) is 6.92 Å². The molecule has 2 aromatic rings. The molecule has 1 aromatic heterocycles. The number of halogens is 1. The number of aromatic nitrogens is 2. The van der Waals surface area contributed by atoms with Gasteiger partial charge in [0.15, 0.2) is 0 Å². The zero-order valence-corrected chi connectivity index (χ0v) is 10.4. The standard InChI is InChI=1S/C11H11FN2O3S/c1-2-18(16,17)14-7-8(6-13-14)10-5-9(12)3-4-11(10)15/h3-7,15H,2H2,1H3. The van der Waals surface area contributed by atoms with Crippen LogP contribution in [0, 0.1) is 5.82 Å². The molecule has 0 aliphatic heterocycles. The number of phenols is 1. The summed E-state index contributed by atoms with van der Waals surface area (Å²) in [5, 5.41) is 13.3. The summed E-state index contributed by atoms with van der Waals surface area (Å²) in [6, 6.07) is 3.44. The quantitative estimate of drug-likeness (QED) is 0.919. The second-order valence-corrected chi connectivity index (χ2v) is 5.78. The van der Waals surface area contributed by atoms with Crippen molar-refractivity contribution in [3.63, 3.8) is 0 Å². The van der Waals surface area contributed by atoms with Gasteiger partial charge in [0.2, 0.25) is 0 Å². The molecule has 0 saturated carbocycles. The van der Waals surface area contributed by atoms with Crippen LogP contribution >= 0.6 is 0 Å². The first kappa shape index (κ1) is 12.6. The summed E-state index contributed by atoms with van der Waals surface area (Å²) in [4.78, 5) is 0. The fourth-order valence-electron chi connectivity index (χ4n) is 1.47. The molecule has 18 heavy (non-hydrogen) atoms. The molecule has 0 atom stereocenters. The Hall–Kier alpha value is -1.89. The third-order valence-corrected chi connectivity index (χ3v) is 3.98. The largest absolute Gasteiger partial charge is 0.507 e. The van der Waals surface area contributed by atoms with E-state index in [2.05, 4.69) is 5.10 Å². The zero-order chi connectivity index (χ0) is 13.3. The Morgan fingerprint density at radius 1 is 1.44 bits per heavy atom. The molecular formula is C11H11FN2O3S. The van der Waals surface area contributed by atoms with Crippen molar-refractivity contribution in [2.45, 2.75) is 6.92 Å². The highest BCUT2D eigenvalue weighted by molar-refractivity contribution is 7.89. The highest BCUT2D eigenvalue weighted by Crippen LogP contribution is 2.29. The Labute approximate surface area is 104 Å². The van der Waals surface area contributed by atoms with Crippen LogP contribution in [0.4, 0.5) is 4.39 Å². The van der Waals surface area contributed by atoms with Gasteiger partial charge in [-0.1, -0.05) is 0 Å². The lowest BCUT2D eigenvalue weighted by atomic mass is 10.1. The van der Waals surface area contributed by atoms with Crippen LogP contribution in [0.5, 0.6) is 5.75 Å². The van der Waals surface area contributed by atoms with E-state index in [1.807, 2.05) is 0 Å². The maximum Gasteiger partial charge on any atom is 0.253 e. The molecule has 1 aromatic carbocycles. The molecule has 0 saturated heterocycles. The number of nitrogens with zero attached hydrogens (tertiary/aromatic N) is 2. The van der Waals surface area contributed by atoms with Crippen LogP contribution in [0.2, 0.25) is 0 Å². The second kappa shape index (κ2) is 4.41. The van der Waals surface area contributed by atoms with Gasteiger partial charge in [-0.2, -0.15) is 9.19 Å². The third kappa shape index (κ3) is 2.21. The first-order valence-electron chi connectivity index (χ1n) is 5.21. The minimum absolute atomic E-state index is 0.0940. The maximum absolute atomic E-state index is 13.1. The minimum Gasteiger partial charge on any atom is -0.507 e. The van der Waals surface area contributed by atoms with Gasteiger partial charge in [0.1, 0.15) is 11.6 Å². The van der Waals surface area contributed by atoms with Crippen molar-refractivity contribution in [2.75, 3.05) is 5.75 Å². The van der Waals surface area contributed by atoms with Crippen LogP contribution in [0.3, 0.4) is 0 Å². The maximum atomic E-state index is 13.1. The normalized spacial score (nSPS) is 11.7. The predicted molar refractivity (Wildman–Crippen MR) is 64.1 cm³/mol. The molecular weight excluding hydrogens is 259 g/mol. The van der Waals surface area contributed by atoms with Crippen LogP contribution in [-0.2, 0) is 10.0 Å². The van der Waals surface area contributed by atoms with E-state index in [1.54, 1.807) is 0 Å².